The van der Waals surface area contributed by atoms with Gasteiger partial charge in [0.25, 0.3) is 0 Å². The Kier molecular flexibility index (Phi) is 8.87. The van der Waals surface area contributed by atoms with Crippen LogP contribution in [0.5, 0.6) is 0 Å². The summed E-state index contributed by atoms with van der Waals surface area (Å²) in [6, 6.07) is 14.6. The van der Waals surface area contributed by atoms with E-state index < -0.39 is 6.10 Å². The SMILES string of the molecule is COC(=O)[C@@H]1C[C@@H](O)CN1Cc1cccc(Cl)c1.ClCc1cccc(Cl)c1. The van der Waals surface area contributed by atoms with Crippen LogP contribution in [0.2, 0.25) is 10.0 Å². The zero-order valence-electron chi connectivity index (χ0n) is 14.9. The molecule has 1 saturated heterocycles. The van der Waals surface area contributed by atoms with Crippen molar-refractivity contribution in [3.63, 3.8) is 0 Å². The fourth-order valence-electron chi connectivity index (χ4n) is 2.93. The van der Waals surface area contributed by atoms with Crippen molar-refractivity contribution in [2.75, 3.05) is 13.7 Å². The fourth-order valence-corrected chi connectivity index (χ4v) is 3.52. The van der Waals surface area contributed by atoms with E-state index in [4.69, 9.17) is 39.5 Å². The number of carbonyl (C=O) groups excluding carboxylic acids is 1. The Balaban J connectivity index is 0.000000244. The maximum atomic E-state index is 11.6. The molecule has 0 bridgehead atoms. The van der Waals surface area contributed by atoms with Crippen LogP contribution in [-0.4, -0.2) is 41.8 Å². The van der Waals surface area contributed by atoms with Crippen molar-refractivity contribution in [1.29, 1.82) is 0 Å². The minimum absolute atomic E-state index is 0.298. The lowest BCUT2D eigenvalue weighted by atomic mass is 10.2. The molecule has 27 heavy (non-hydrogen) atoms. The van der Waals surface area contributed by atoms with Gasteiger partial charge in [0.1, 0.15) is 6.04 Å². The Morgan fingerprint density at radius 3 is 2.26 bits per heavy atom. The van der Waals surface area contributed by atoms with Gasteiger partial charge >= 0.3 is 5.97 Å². The quantitative estimate of drug-likeness (QED) is 0.572. The normalized spacial score (nSPS) is 19.3. The second kappa shape index (κ2) is 10.9. The van der Waals surface area contributed by atoms with E-state index in [9.17, 15) is 9.90 Å². The first-order valence-corrected chi connectivity index (χ1v) is 9.76. The van der Waals surface area contributed by atoms with Gasteiger partial charge in [-0.25, -0.2) is 0 Å². The van der Waals surface area contributed by atoms with Gasteiger partial charge in [-0.3, -0.25) is 9.69 Å². The van der Waals surface area contributed by atoms with Crippen LogP contribution in [0.15, 0.2) is 48.5 Å². The molecule has 2 aromatic rings. The second-order valence-electron chi connectivity index (χ2n) is 6.25. The number of rotatable bonds is 4. The number of esters is 1. The smallest absolute Gasteiger partial charge is 0.323 e. The highest BCUT2D eigenvalue weighted by molar-refractivity contribution is 6.31. The number of benzene rings is 2. The van der Waals surface area contributed by atoms with Crippen molar-refractivity contribution in [2.24, 2.45) is 0 Å². The van der Waals surface area contributed by atoms with E-state index in [0.717, 1.165) is 16.1 Å². The molecular formula is C20H22Cl3NO3. The summed E-state index contributed by atoms with van der Waals surface area (Å²) in [4.78, 5) is 13.5. The average Bonchev–Trinajstić information content (AvgIpc) is 3.01. The maximum Gasteiger partial charge on any atom is 0.323 e. The van der Waals surface area contributed by atoms with Crippen molar-refractivity contribution in [3.05, 3.63) is 69.7 Å². The van der Waals surface area contributed by atoms with Gasteiger partial charge in [0.15, 0.2) is 0 Å². The number of halogens is 3. The van der Waals surface area contributed by atoms with Crippen molar-refractivity contribution < 1.29 is 14.6 Å². The molecule has 3 rings (SSSR count). The summed E-state index contributed by atoms with van der Waals surface area (Å²) in [5, 5.41) is 11.1. The molecule has 0 aromatic heterocycles. The third kappa shape index (κ3) is 6.98. The number of ether oxygens (including phenoxy) is 1. The third-order valence-corrected chi connectivity index (χ3v) is 4.95. The van der Waals surface area contributed by atoms with Crippen LogP contribution in [0.25, 0.3) is 0 Å². The number of carbonyl (C=O) groups is 1. The van der Waals surface area contributed by atoms with Crippen LogP contribution in [0.3, 0.4) is 0 Å². The van der Waals surface area contributed by atoms with E-state index >= 15 is 0 Å². The van der Waals surface area contributed by atoms with Crippen LogP contribution < -0.4 is 0 Å². The largest absolute Gasteiger partial charge is 0.468 e. The molecule has 0 saturated carbocycles. The lowest BCUT2D eigenvalue weighted by molar-refractivity contribution is -0.146. The Hall–Kier alpha value is -1.30. The molecule has 7 heteroatoms. The average molecular weight is 431 g/mol. The molecule has 0 unspecified atom stereocenters. The molecule has 1 fully saturated rings. The monoisotopic (exact) mass is 429 g/mol. The van der Waals surface area contributed by atoms with E-state index in [1.807, 2.05) is 53.4 Å². The molecule has 1 heterocycles. The fraction of sp³-hybridized carbons (Fsp3) is 0.350. The molecular weight excluding hydrogens is 409 g/mol. The van der Waals surface area contributed by atoms with Crippen LogP contribution >= 0.6 is 34.8 Å². The number of aliphatic hydroxyl groups is 1. The number of alkyl halides is 1. The number of methoxy groups -OCH3 is 1. The minimum atomic E-state index is -0.478. The van der Waals surface area contributed by atoms with Crippen molar-refractivity contribution in [1.82, 2.24) is 4.90 Å². The molecule has 1 N–H and O–H groups in total. The number of aliphatic hydroxyl groups excluding tert-OH is 1. The maximum absolute atomic E-state index is 11.6. The van der Waals surface area contributed by atoms with Gasteiger partial charge in [0.2, 0.25) is 0 Å². The molecule has 0 radical (unpaired) electrons. The highest BCUT2D eigenvalue weighted by Gasteiger charge is 2.36. The van der Waals surface area contributed by atoms with E-state index in [1.165, 1.54) is 7.11 Å². The topological polar surface area (TPSA) is 49.8 Å². The summed E-state index contributed by atoms with van der Waals surface area (Å²) in [5.41, 5.74) is 2.08. The summed E-state index contributed by atoms with van der Waals surface area (Å²) in [5.74, 6) is 0.231. The van der Waals surface area contributed by atoms with Crippen LogP contribution in [0.4, 0.5) is 0 Å². The van der Waals surface area contributed by atoms with Crippen molar-refractivity contribution in [3.8, 4) is 0 Å². The van der Waals surface area contributed by atoms with Gasteiger partial charge in [0.05, 0.1) is 13.2 Å². The predicted molar refractivity (Wildman–Crippen MR) is 109 cm³/mol. The number of likely N-dealkylation sites (tertiary alicyclic amines) is 1. The number of β-amino-alcohol motifs (C(OH)–C–C–N with tert-alkyl or cyclic N) is 1. The van der Waals surface area contributed by atoms with E-state index in [-0.39, 0.29) is 12.0 Å². The lowest BCUT2D eigenvalue weighted by Crippen LogP contribution is -2.36. The van der Waals surface area contributed by atoms with Crippen LogP contribution in [0.1, 0.15) is 17.5 Å². The standard InChI is InChI=1S/C13H16ClNO3.C7H6Cl2/c1-18-13(17)12-6-11(16)8-15(12)7-9-3-2-4-10(14)5-9;8-5-6-2-1-3-7(9)4-6/h2-5,11-12,16H,6-8H2,1H3;1-4H,5H2/t11-,12+;/m1./s1. The summed E-state index contributed by atoms with van der Waals surface area (Å²) >= 11 is 17.1. The number of hydrogen-bond donors (Lipinski definition) is 1. The van der Waals surface area contributed by atoms with E-state index in [0.29, 0.717) is 30.4 Å². The first kappa shape index (κ1) is 22.0. The molecule has 0 amide bonds. The molecule has 0 aliphatic carbocycles. The Morgan fingerprint density at radius 2 is 1.74 bits per heavy atom. The molecule has 146 valence electrons. The van der Waals surface area contributed by atoms with Gasteiger partial charge in [-0.1, -0.05) is 47.5 Å². The lowest BCUT2D eigenvalue weighted by Gasteiger charge is -2.22. The van der Waals surface area contributed by atoms with Gasteiger partial charge < -0.3 is 9.84 Å². The highest BCUT2D eigenvalue weighted by Crippen LogP contribution is 2.22. The Bertz CT molecular complexity index is 757. The number of nitrogens with zero attached hydrogens (tertiary/aromatic N) is 1. The first-order valence-electron chi connectivity index (χ1n) is 8.47. The predicted octanol–water partition coefficient (Wildman–Crippen LogP) is 4.53. The highest BCUT2D eigenvalue weighted by atomic mass is 35.5. The summed E-state index contributed by atoms with van der Waals surface area (Å²) in [6.07, 6.45) is -0.0546. The van der Waals surface area contributed by atoms with Crippen LogP contribution in [-0.2, 0) is 22.0 Å². The summed E-state index contributed by atoms with van der Waals surface area (Å²) in [7, 11) is 1.37. The third-order valence-electron chi connectivity index (χ3n) is 4.17. The molecule has 2 aromatic carbocycles. The van der Waals surface area contributed by atoms with Crippen molar-refractivity contribution >= 4 is 40.8 Å². The van der Waals surface area contributed by atoms with Crippen molar-refractivity contribution in [2.45, 2.75) is 31.0 Å². The van der Waals surface area contributed by atoms with Gasteiger partial charge in [-0.15, -0.1) is 11.6 Å². The zero-order valence-corrected chi connectivity index (χ0v) is 17.2. The van der Waals surface area contributed by atoms with Gasteiger partial charge in [0, 0.05) is 35.4 Å². The summed E-state index contributed by atoms with van der Waals surface area (Å²) in [6.45, 7) is 1.06. The van der Waals surface area contributed by atoms with Crippen LogP contribution in [0, 0.1) is 0 Å². The number of hydrogen-bond acceptors (Lipinski definition) is 4. The van der Waals surface area contributed by atoms with Gasteiger partial charge in [-0.2, -0.15) is 0 Å². The molecule has 0 spiro atoms. The molecule has 4 nitrogen and oxygen atoms in total. The Labute approximate surface area is 174 Å². The molecule has 1 aliphatic rings. The summed E-state index contributed by atoms with van der Waals surface area (Å²) < 4.78 is 4.76. The zero-order chi connectivity index (χ0) is 19.8. The second-order valence-corrected chi connectivity index (χ2v) is 7.39. The minimum Gasteiger partial charge on any atom is -0.468 e. The van der Waals surface area contributed by atoms with Gasteiger partial charge in [-0.05, 0) is 35.4 Å². The molecule has 1 aliphatic heterocycles. The molecule has 2 atom stereocenters. The Morgan fingerprint density at radius 1 is 1.15 bits per heavy atom. The first-order chi connectivity index (χ1) is 12.9. The van der Waals surface area contributed by atoms with E-state index in [1.54, 1.807) is 0 Å². The van der Waals surface area contributed by atoms with E-state index in [2.05, 4.69) is 0 Å².